The van der Waals surface area contributed by atoms with Crippen molar-refractivity contribution in [2.75, 3.05) is 5.32 Å². The fourth-order valence-electron chi connectivity index (χ4n) is 4.06. The average molecular weight is 558 g/mol. The first-order chi connectivity index (χ1) is 17.4. The molecule has 1 atom stereocenters. The Labute approximate surface area is 219 Å². The zero-order valence-corrected chi connectivity index (χ0v) is 21.4. The van der Waals surface area contributed by atoms with E-state index >= 15 is 0 Å². The van der Waals surface area contributed by atoms with E-state index in [4.69, 9.17) is 28.0 Å². The zero-order valence-electron chi connectivity index (χ0n) is 19.9. The summed E-state index contributed by atoms with van der Waals surface area (Å²) >= 11 is 11.5. The van der Waals surface area contributed by atoms with Gasteiger partial charge in [0.15, 0.2) is 5.82 Å². The van der Waals surface area contributed by atoms with Crippen molar-refractivity contribution in [3.8, 4) is 0 Å². The Morgan fingerprint density at radius 2 is 1.86 bits per heavy atom. The quantitative estimate of drug-likeness (QED) is 0.279. The topological polar surface area (TPSA) is 81.4 Å². The predicted octanol–water partition coefficient (Wildman–Crippen LogP) is 6.45. The maximum absolute atomic E-state index is 14.2. The van der Waals surface area contributed by atoms with Gasteiger partial charge in [-0.25, -0.2) is 9.07 Å². The van der Waals surface area contributed by atoms with E-state index in [9.17, 15) is 22.4 Å². The minimum absolute atomic E-state index is 0.0140. The van der Waals surface area contributed by atoms with Gasteiger partial charge >= 0.3 is 6.18 Å². The minimum atomic E-state index is -4.93. The molecule has 0 spiro atoms. The van der Waals surface area contributed by atoms with Gasteiger partial charge in [-0.05, 0) is 49.2 Å². The first-order valence-electron chi connectivity index (χ1n) is 11.2. The fourth-order valence-corrected chi connectivity index (χ4v) is 4.54. The standard InChI is InChI=1S/C24H21Cl2F4N5O2/c1-4-19-31-22(33-35(19)5-2)32-21(36)15-7-6-13(8-12(15)3)18-11-23(37-34-18,24(28,29)30)14-9-16(25)20(27)17(26)10-14/h6-10H,4-5,11H2,1-3H3,(H,32,33,36). The molecule has 13 heteroatoms. The van der Waals surface area contributed by atoms with Crippen LogP contribution in [0, 0.1) is 12.7 Å². The second-order valence-corrected chi connectivity index (χ2v) is 9.20. The monoisotopic (exact) mass is 557 g/mol. The number of halogens is 6. The van der Waals surface area contributed by atoms with Crippen LogP contribution in [-0.2, 0) is 23.4 Å². The van der Waals surface area contributed by atoms with Gasteiger partial charge < -0.3 is 4.84 Å². The summed E-state index contributed by atoms with van der Waals surface area (Å²) in [6.07, 6.45) is -4.99. The van der Waals surface area contributed by atoms with E-state index in [-0.39, 0.29) is 17.2 Å². The van der Waals surface area contributed by atoms with E-state index < -0.39 is 45.5 Å². The van der Waals surface area contributed by atoms with Crippen molar-refractivity contribution in [3.05, 3.63) is 74.3 Å². The molecule has 1 N–H and O–H groups in total. The summed E-state index contributed by atoms with van der Waals surface area (Å²) in [6.45, 7) is 6.07. The molecule has 0 radical (unpaired) electrons. The Morgan fingerprint density at radius 3 is 2.41 bits per heavy atom. The Hall–Kier alpha value is -3.18. The number of carbonyl (C=O) groups excluding carboxylic acids is 1. The Kier molecular flexibility index (Phi) is 7.22. The number of nitrogens with zero attached hydrogens (tertiary/aromatic N) is 4. The van der Waals surface area contributed by atoms with E-state index in [0.717, 1.165) is 18.0 Å². The number of aromatic nitrogens is 3. The van der Waals surface area contributed by atoms with Crippen LogP contribution in [0.3, 0.4) is 0 Å². The second kappa shape index (κ2) is 9.94. The molecule has 1 amide bonds. The number of hydrogen-bond donors (Lipinski definition) is 1. The molecular formula is C24H21Cl2F4N5O2. The molecule has 1 aliphatic heterocycles. The minimum Gasteiger partial charge on any atom is -0.374 e. The van der Waals surface area contributed by atoms with Crippen molar-refractivity contribution >= 4 is 40.8 Å². The Bertz CT molecular complexity index is 1360. The van der Waals surface area contributed by atoms with Crippen molar-refractivity contribution in [3.63, 3.8) is 0 Å². The third-order valence-corrected chi connectivity index (χ3v) is 6.58. The molecule has 3 aromatic rings. The maximum Gasteiger partial charge on any atom is 0.435 e. The molecule has 2 aromatic carbocycles. The highest BCUT2D eigenvalue weighted by Crippen LogP contribution is 2.50. The molecule has 0 aliphatic carbocycles. The molecule has 196 valence electrons. The van der Waals surface area contributed by atoms with Crippen LogP contribution in [0.1, 0.15) is 53.1 Å². The van der Waals surface area contributed by atoms with Crippen molar-refractivity contribution in [1.29, 1.82) is 0 Å². The van der Waals surface area contributed by atoms with Crippen LogP contribution in [-0.4, -0.2) is 32.6 Å². The summed E-state index contributed by atoms with van der Waals surface area (Å²) in [6, 6.07) is 6.12. The number of aryl methyl sites for hydroxylation is 3. The molecular weight excluding hydrogens is 537 g/mol. The summed E-state index contributed by atoms with van der Waals surface area (Å²) in [7, 11) is 0. The van der Waals surface area contributed by atoms with Crippen LogP contribution in [0.25, 0.3) is 0 Å². The smallest absolute Gasteiger partial charge is 0.374 e. The number of amides is 1. The normalized spacial score (nSPS) is 17.5. The van der Waals surface area contributed by atoms with Gasteiger partial charge in [-0.2, -0.15) is 18.2 Å². The lowest BCUT2D eigenvalue weighted by Gasteiger charge is -2.29. The van der Waals surface area contributed by atoms with Gasteiger partial charge in [0.05, 0.1) is 15.8 Å². The number of benzene rings is 2. The fraction of sp³-hybridized carbons (Fsp3) is 0.333. The van der Waals surface area contributed by atoms with Crippen LogP contribution >= 0.6 is 23.2 Å². The van der Waals surface area contributed by atoms with Gasteiger partial charge in [0.1, 0.15) is 5.82 Å². The number of oxime groups is 1. The SMILES string of the molecule is CCc1nc(NC(=O)c2ccc(C3=NOC(c4cc(Cl)c(F)c(Cl)c4)(C(F)(F)F)C3)cc2C)nn1CC. The van der Waals surface area contributed by atoms with Crippen molar-refractivity contribution in [2.45, 2.75) is 51.9 Å². The van der Waals surface area contributed by atoms with E-state index in [2.05, 4.69) is 20.6 Å². The summed E-state index contributed by atoms with van der Waals surface area (Å²) < 4.78 is 58.3. The zero-order chi connectivity index (χ0) is 27.1. The number of hydrogen-bond acceptors (Lipinski definition) is 5. The Morgan fingerprint density at radius 1 is 1.19 bits per heavy atom. The largest absolute Gasteiger partial charge is 0.435 e. The van der Waals surface area contributed by atoms with E-state index in [1.54, 1.807) is 11.6 Å². The second-order valence-electron chi connectivity index (χ2n) is 8.39. The molecule has 0 saturated carbocycles. The van der Waals surface area contributed by atoms with Crippen LogP contribution in [0.4, 0.5) is 23.5 Å². The Balaban J connectivity index is 1.59. The van der Waals surface area contributed by atoms with Crippen molar-refractivity contribution < 1.29 is 27.2 Å². The number of rotatable bonds is 6. The molecule has 37 heavy (non-hydrogen) atoms. The van der Waals surface area contributed by atoms with Gasteiger partial charge in [-0.15, -0.1) is 5.10 Å². The average Bonchev–Trinajstić information content (AvgIpc) is 3.47. The highest BCUT2D eigenvalue weighted by molar-refractivity contribution is 6.35. The van der Waals surface area contributed by atoms with Gasteiger partial charge in [0.2, 0.25) is 5.95 Å². The summed E-state index contributed by atoms with van der Waals surface area (Å²) in [5.74, 6) is -0.617. The predicted molar refractivity (Wildman–Crippen MR) is 131 cm³/mol. The van der Waals surface area contributed by atoms with Crippen LogP contribution in [0.2, 0.25) is 10.0 Å². The molecule has 0 bridgehead atoms. The van der Waals surface area contributed by atoms with E-state index in [1.165, 1.54) is 18.2 Å². The van der Waals surface area contributed by atoms with Gasteiger partial charge in [-0.3, -0.25) is 10.1 Å². The summed E-state index contributed by atoms with van der Waals surface area (Å²) in [5.41, 5.74) is -2.31. The lowest BCUT2D eigenvalue weighted by molar-refractivity contribution is -0.275. The third kappa shape index (κ3) is 4.89. The van der Waals surface area contributed by atoms with Crippen LogP contribution in [0.5, 0.6) is 0 Å². The summed E-state index contributed by atoms with van der Waals surface area (Å²) in [4.78, 5) is 22.1. The van der Waals surface area contributed by atoms with Crippen LogP contribution in [0.15, 0.2) is 35.5 Å². The molecule has 1 aliphatic rings. The maximum atomic E-state index is 14.2. The van der Waals surface area contributed by atoms with E-state index in [0.29, 0.717) is 24.1 Å². The number of nitrogens with one attached hydrogen (secondary N) is 1. The molecule has 1 unspecified atom stereocenters. The molecule has 0 saturated heterocycles. The highest BCUT2D eigenvalue weighted by Gasteiger charge is 2.62. The molecule has 2 heterocycles. The number of anilines is 1. The highest BCUT2D eigenvalue weighted by atomic mass is 35.5. The summed E-state index contributed by atoms with van der Waals surface area (Å²) in [5, 5.41) is 9.45. The molecule has 1 aromatic heterocycles. The van der Waals surface area contributed by atoms with Crippen LogP contribution < -0.4 is 5.32 Å². The third-order valence-electron chi connectivity index (χ3n) is 6.03. The number of alkyl halides is 3. The number of carbonyl (C=O) groups is 1. The lowest BCUT2D eigenvalue weighted by Crippen LogP contribution is -2.42. The first-order valence-corrected chi connectivity index (χ1v) is 12.0. The molecule has 0 fully saturated rings. The van der Waals surface area contributed by atoms with Gasteiger partial charge in [0, 0.05) is 30.5 Å². The van der Waals surface area contributed by atoms with Gasteiger partial charge in [-0.1, -0.05) is 41.3 Å². The first kappa shape index (κ1) is 26.9. The van der Waals surface area contributed by atoms with Gasteiger partial charge in [0.25, 0.3) is 11.5 Å². The molecule has 4 rings (SSSR count). The van der Waals surface area contributed by atoms with Crippen molar-refractivity contribution in [1.82, 2.24) is 14.8 Å². The van der Waals surface area contributed by atoms with Crippen molar-refractivity contribution in [2.24, 2.45) is 5.16 Å². The molecule has 7 nitrogen and oxygen atoms in total. The van der Waals surface area contributed by atoms with E-state index in [1.807, 2.05) is 13.8 Å². The lowest BCUT2D eigenvalue weighted by atomic mass is 9.86.